The third-order valence-corrected chi connectivity index (χ3v) is 4.02. The molecule has 9 heteroatoms. The second-order valence-electron chi connectivity index (χ2n) is 4.82. The first-order valence-electron chi connectivity index (χ1n) is 6.52. The molecule has 2 rings (SSSR count). The molecule has 5 nitrogen and oxygen atoms in total. The first-order chi connectivity index (χ1) is 11.0. The van der Waals surface area contributed by atoms with Crippen molar-refractivity contribution in [3.05, 3.63) is 54.1 Å². The fourth-order valence-corrected chi connectivity index (χ4v) is 2.43. The summed E-state index contributed by atoms with van der Waals surface area (Å²) in [5.41, 5.74) is 0.472. The number of carbonyl (C=O) groups is 1. The van der Waals surface area contributed by atoms with Crippen LogP contribution in [0.25, 0.3) is 0 Å². The van der Waals surface area contributed by atoms with Crippen LogP contribution in [0.5, 0.6) is 5.75 Å². The van der Waals surface area contributed by atoms with E-state index >= 15 is 0 Å². The quantitative estimate of drug-likeness (QED) is 0.910. The number of carbonyl (C=O) groups excluding carboxylic acids is 1. The van der Waals surface area contributed by atoms with E-state index in [1.807, 2.05) is 0 Å². The molecule has 0 aliphatic heterocycles. The maximum absolute atomic E-state index is 12.1. The lowest BCUT2D eigenvalue weighted by atomic mass is 10.2. The average molecular weight is 359 g/mol. The summed E-state index contributed by atoms with van der Waals surface area (Å²) in [6.45, 7) is 0. The number of rotatable bonds is 4. The molecule has 1 amide bonds. The Hall–Kier alpha value is -2.55. The summed E-state index contributed by atoms with van der Waals surface area (Å²) < 4.78 is 62.6. The molecule has 24 heavy (non-hydrogen) atoms. The summed E-state index contributed by atoms with van der Waals surface area (Å²) in [6.07, 6.45) is -3.74. The van der Waals surface area contributed by atoms with Gasteiger partial charge in [-0.05, 0) is 48.5 Å². The summed E-state index contributed by atoms with van der Waals surface area (Å²) >= 11 is 0. The van der Waals surface area contributed by atoms with Gasteiger partial charge in [-0.1, -0.05) is 0 Å². The third-order valence-electron chi connectivity index (χ3n) is 2.89. The van der Waals surface area contributed by atoms with Gasteiger partial charge in [0.15, 0.2) is 9.84 Å². The van der Waals surface area contributed by atoms with Gasteiger partial charge >= 0.3 is 6.36 Å². The Morgan fingerprint density at radius 3 is 2.00 bits per heavy atom. The molecule has 0 aromatic heterocycles. The van der Waals surface area contributed by atoms with Crippen LogP contribution in [0.4, 0.5) is 18.9 Å². The second-order valence-corrected chi connectivity index (χ2v) is 6.84. The molecule has 128 valence electrons. The normalized spacial score (nSPS) is 11.8. The highest BCUT2D eigenvalue weighted by molar-refractivity contribution is 7.90. The van der Waals surface area contributed by atoms with E-state index in [9.17, 15) is 26.4 Å². The van der Waals surface area contributed by atoms with Crippen molar-refractivity contribution >= 4 is 21.4 Å². The number of anilines is 1. The minimum atomic E-state index is -4.79. The van der Waals surface area contributed by atoms with Gasteiger partial charge in [-0.25, -0.2) is 8.42 Å². The van der Waals surface area contributed by atoms with Crippen molar-refractivity contribution in [1.29, 1.82) is 0 Å². The third kappa shape index (κ3) is 4.98. The maximum Gasteiger partial charge on any atom is 0.573 e. The number of hydrogen-bond acceptors (Lipinski definition) is 4. The number of sulfone groups is 1. The van der Waals surface area contributed by atoms with Gasteiger partial charge in [0.1, 0.15) is 5.75 Å². The van der Waals surface area contributed by atoms with E-state index < -0.39 is 27.9 Å². The molecular formula is C15H12F3NO4S. The number of nitrogens with one attached hydrogen (secondary N) is 1. The highest BCUT2D eigenvalue weighted by atomic mass is 32.2. The Balaban J connectivity index is 2.07. The van der Waals surface area contributed by atoms with Crippen LogP contribution in [-0.4, -0.2) is 26.9 Å². The monoisotopic (exact) mass is 359 g/mol. The molecule has 0 heterocycles. The molecule has 0 fully saturated rings. The molecule has 1 N–H and O–H groups in total. The van der Waals surface area contributed by atoms with Crippen LogP contribution in [0.3, 0.4) is 0 Å². The van der Waals surface area contributed by atoms with Gasteiger partial charge in [-0.15, -0.1) is 13.2 Å². The van der Waals surface area contributed by atoms with Gasteiger partial charge in [-0.2, -0.15) is 0 Å². The predicted octanol–water partition coefficient (Wildman–Crippen LogP) is 3.24. The van der Waals surface area contributed by atoms with E-state index in [1.54, 1.807) is 0 Å². The largest absolute Gasteiger partial charge is 0.573 e. The number of amides is 1. The fourth-order valence-electron chi connectivity index (χ4n) is 1.80. The molecule has 0 saturated heterocycles. The van der Waals surface area contributed by atoms with Gasteiger partial charge in [0.05, 0.1) is 4.90 Å². The zero-order chi connectivity index (χ0) is 18.0. The van der Waals surface area contributed by atoms with Crippen LogP contribution in [-0.2, 0) is 9.84 Å². The Morgan fingerprint density at radius 1 is 1.00 bits per heavy atom. The van der Waals surface area contributed by atoms with E-state index in [-0.39, 0.29) is 16.1 Å². The van der Waals surface area contributed by atoms with Crippen molar-refractivity contribution < 1.29 is 31.1 Å². The van der Waals surface area contributed by atoms with E-state index in [2.05, 4.69) is 10.1 Å². The smallest absolute Gasteiger partial charge is 0.406 e. The Bertz CT molecular complexity index is 829. The Kier molecular flexibility index (Phi) is 4.83. The van der Waals surface area contributed by atoms with Gasteiger partial charge in [-0.3, -0.25) is 4.79 Å². The lowest BCUT2D eigenvalue weighted by Crippen LogP contribution is -2.17. The fraction of sp³-hybridized carbons (Fsp3) is 0.133. The van der Waals surface area contributed by atoms with Gasteiger partial charge in [0, 0.05) is 17.5 Å². The summed E-state index contributed by atoms with van der Waals surface area (Å²) in [5.74, 6) is -0.933. The zero-order valence-electron chi connectivity index (χ0n) is 12.3. The van der Waals surface area contributed by atoms with Crippen LogP contribution in [0.1, 0.15) is 10.4 Å². The number of benzene rings is 2. The molecule has 0 aliphatic carbocycles. The molecule has 2 aromatic rings. The summed E-state index contributed by atoms with van der Waals surface area (Å²) in [4.78, 5) is 12.1. The van der Waals surface area contributed by atoms with E-state index in [0.717, 1.165) is 18.4 Å². The molecule has 0 atom stereocenters. The maximum atomic E-state index is 12.1. The lowest BCUT2D eigenvalue weighted by molar-refractivity contribution is -0.274. The molecule has 0 bridgehead atoms. The number of hydrogen-bond donors (Lipinski definition) is 1. The minimum Gasteiger partial charge on any atom is -0.406 e. The number of ether oxygens (including phenoxy) is 1. The van der Waals surface area contributed by atoms with Crippen LogP contribution >= 0.6 is 0 Å². The molecule has 0 aliphatic rings. The summed E-state index contributed by atoms with van der Waals surface area (Å²) in [5, 5.41) is 2.48. The van der Waals surface area contributed by atoms with Crippen molar-refractivity contribution in [3.8, 4) is 5.75 Å². The van der Waals surface area contributed by atoms with Crippen LogP contribution in [0.15, 0.2) is 53.4 Å². The highest BCUT2D eigenvalue weighted by Crippen LogP contribution is 2.24. The molecule has 2 aromatic carbocycles. The number of alkyl halides is 3. The zero-order valence-corrected chi connectivity index (χ0v) is 13.1. The van der Waals surface area contributed by atoms with Crippen molar-refractivity contribution in [1.82, 2.24) is 0 Å². The Labute approximate surface area is 136 Å². The van der Waals surface area contributed by atoms with Crippen molar-refractivity contribution in [2.24, 2.45) is 0 Å². The SMILES string of the molecule is CS(=O)(=O)c1ccc(C(=O)Nc2ccc(OC(F)(F)F)cc2)cc1. The van der Waals surface area contributed by atoms with Gasteiger partial charge < -0.3 is 10.1 Å². The lowest BCUT2D eigenvalue weighted by Gasteiger charge is -2.10. The molecular weight excluding hydrogens is 347 g/mol. The molecule has 0 radical (unpaired) electrons. The second kappa shape index (κ2) is 6.52. The first kappa shape index (κ1) is 17.8. The van der Waals surface area contributed by atoms with Gasteiger partial charge in [0.2, 0.25) is 0 Å². The van der Waals surface area contributed by atoms with Crippen LogP contribution < -0.4 is 10.1 Å². The van der Waals surface area contributed by atoms with E-state index in [4.69, 9.17) is 0 Å². The van der Waals surface area contributed by atoms with Crippen molar-refractivity contribution in [2.75, 3.05) is 11.6 Å². The van der Waals surface area contributed by atoms with Gasteiger partial charge in [0.25, 0.3) is 5.91 Å². The molecule has 0 unspecified atom stereocenters. The Morgan fingerprint density at radius 2 is 1.54 bits per heavy atom. The topological polar surface area (TPSA) is 72.5 Å². The highest BCUT2D eigenvalue weighted by Gasteiger charge is 2.30. The minimum absolute atomic E-state index is 0.0766. The van der Waals surface area contributed by atoms with Crippen LogP contribution in [0, 0.1) is 0 Å². The van der Waals surface area contributed by atoms with Crippen molar-refractivity contribution in [3.63, 3.8) is 0 Å². The summed E-state index contributed by atoms with van der Waals surface area (Å²) in [6, 6.07) is 9.91. The predicted molar refractivity (Wildman–Crippen MR) is 80.6 cm³/mol. The molecule has 0 saturated carbocycles. The average Bonchev–Trinajstić information content (AvgIpc) is 2.47. The number of halogens is 3. The first-order valence-corrected chi connectivity index (χ1v) is 8.41. The standard InChI is InChI=1S/C15H12F3NO4S/c1-24(21,22)13-8-2-10(3-9-13)14(20)19-11-4-6-12(7-5-11)23-15(16,17)18/h2-9H,1H3,(H,19,20). The summed E-state index contributed by atoms with van der Waals surface area (Å²) in [7, 11) is -3.36. The van der Waals surface area contributed by atoms with Crippen molar-refractivity contribution in [2.45, 2.75) is 11.3 Å². The van der Waals surface area contributed by atoms with E-state index in [1.165, 1.54) is 36.4 Å². The van der Waals surface area contributed by atoms with E-state index in [0.29, 0.717) is 0 Å². The molecule has 0 spiro atoms. The van der Waals surface area contributed by atoms with Crippen LogP contribution in [0.2, 0.25) is 0 Å².